The van der Waals surface area contributed by atoms with Gasteiger partial charge in [-0.3, -0.25) is 4.79 Å². The third-order valence-corrected chi connectivity index (χ3v) is 5.58. The molecule has 0 bridgehead atoms. The summed E-state index contributed by atoms with van der Waals surface area (Å²) >= 11 is 0. The summed E-state index contributed by atoms with van der Waals surface area (Å²) in [4.78, 5) is 31.4. The first-order valence-corrected chi connectivity index (χ1v) is 10.2. The summed E-state index contributed by atoms with van der Waals surface area (Å²) < 4.78 is 7.59. The van der Waals surface area contributed by atoms with Crippen LogP contribution >= 0.6 is 0 Å². The Hall–Kier alpha value is -2.57. The van der Waals surface area contributed by atoms with Crippen LogP contribution in [0.15, 0.2) is 18.2 Å². The van der Waals surface area contributed by atoms with E-state index in [0.29, 0.717) is 19.4 Å². The van der Waals surface area contributed by atoms with Crippen molar-refractivity contribution < 1.29 is 19.4 Å². The number of rotatable bonds is 3. The van der Waals surface area contributed by atoms with Crippen molar-refractivity contribution in [2.45, 2.75) is 72.1 Å². The summed E-state index contributed by atoms with van der Waals surface area (Å²) in [7, 11) is 0. The number of carbonyl (C=O) groups is 2. The molecule has 2 heterocycles. The Balaban J connectivity index is 2.01. The minimum Gasteiger partial charge on any atom is -0.481 e. The molecule has 3 unspecified atom stereocenters. The van der Waals surface area contributed by atoms with Gasteiger partial charge in [-0.05, 0) is 65.2 Å². The highest BCUT2D eigenvalue weighted by Crippen LogP contribution is 2.38. The van der Waals surface area contributed by atoms with Crippen LogP contribution in [0.2, 0.25) is 0 Å². The number of carbonyl (C=O) groups excluding carboxylic acids is 1. The Morgan fingerprint density at radius 1 is 1.28 bits per heavy atom. The van der Waals surface area contributed by atoms with E-state index in [1.807, 2.05) is 64.3 Å². The molecule has 1 aliphatic rings. The molecule has 1 saturated heterocycles. The molecule has 7 nitrogen and oxygen atoms in total. The average molecular weight is 402 g/mol. The summed E-state index contributed by atoms with van der Waals surface area (Å²) in [5.74, 6) is -0.843. The topological polar surface area (TPSA) is 84.7 Å². The second-order valence-electron chi connectivity index (χ2n) is 8.89. The van der Waals surface area contributed by atoms with Gasteiger partial charge in [-0.2, -0.15) is 0 Å². The van der Waals surface area contributed by atoms with Crippen LogP contribution in [-0.4, -0.2) is 49.8 Å². The molecular formula is C22H31N3O4. The van der Waals surface area contributed by atoms with Crippen molar-refractivity contribution in [1.82, 2.24) is 14.5 Å². The third-order valence-electron chi connectivity index (χ3n) is 5.58. The Labute approximate surface area is 171 Å². The van der Waals surface area contributed by atoms with Gasteiger partial charge >= 0.3 is 12.1 Å². The predicted octanol–water partition coefficient (Wildman–Crippen LogP) is 4.31. The molecule has 1 aromatic carbocycles. The van der Waals surface area contributed by atoms with Gasteiger partial charge < -0.3 is 19.3 Å². The van der Waals surface area contributed by atoms with Crippen molar-refractivity contribution in [2.24, 2.45) is 5.92 Å². The predicted molar refractivity (Wildman–Crippen MR) is 111 cm³/mol. The van der Waals surface area contributed by atoms with Gasteiger partial charge in [-0.1, -0.05) is 13.0 Å². The number of amides is 1. The fourth-order valence-electron chi connectivity index (χ4n) is 4.46. The molecule has 0 saturated carbocycles. The molecule has 29 heavy (non-hydrogen) atoms. The number of carboxylic acid groups (broad SMARTS) is 1. The molecule has 158 valence electrons. The zero-order valence-corrected chi connectivity index (χ0v) is 18.1. The Morgan fingerprint density at radius 3 is 2.55 bits per heavy atom. The molecule has 1 amide bonds. The van der Waals surface area contributed by atoms with E-state index in [4.69, 9.17) is 4.74 Å². The fraction of sp³-hybridized carbons (Fsp3) is 0.591. The highest BCUT2D eigenvalue weighted by Gasteiger charge is 2.46. The van der Waals surface area contributed by atoms with Crippen LogP contribution in [0.4, 0.5) is 4.79 Å². The molecule has 3 rings (SSSR count). The van der Waals surface area contributed by atoms with E-state index in [1.54, 1.807) is 4.90 Å². The van der Waals surface area contributed by atoms with Gasteiger partial charge in [-0.25, -0.2) is 9.78 Å². The highest BCUT2D eigenvalue weighted by atomic mass is 16.6. The van der Waals surface area contributed by atoms with E-state index in [1.165, 1.54) is 0 Å². The number of aryl methyl sites for hydroxylation is 2. The molecule has 0 radical (unpaired) electrons. The van der Waals surface area contributed by atoms with Crippen molar-refractivity contribution in [3.05, 3.63) is 29.6 Å². The van der Waals surface area contributed by atoms with Crippen molar-refractivity contribution >= 4 is 23.1 Å². The number of imidazole rings is 1. The third kappa shape index (κ3) is 4.09. The fourth-order valence-corrected chi connectivity index (χ4v) is 4.46. The minimum atomic E-state index is -0.900. The molecule has 1 aromatic heterocycles. The molecular weight excluding hydrogens is 370 g/mol. The van der Waals surface area contributed by atoms with Crippen LogP contribution in [0.25, 0.3) is 11.0 Å². The summed E-state index contributed by atoms with van der Waals surface area (Å²) in [5.41, 5.74) is 2.29. The van der Waals surface area contributed by atoms with Gasteiger partial charge in [0.1, 0.15) is 11.4 Å². The van der Waals surface area contributed by atoms with Crippen molar-refractivity contribution in [3.8, 4) is 0 Å². The number of carboxylic acids is 1. The summed E-state index contributed by atoms with van der Waals surface area (Å²) in [6, 6.07) is 5.32. The van der Waals surface area contributed by atoms with E-state index in [9.17, 15) is 14.7 Å². The Bertz CT molecular complexity index is 928. The van der Waals surface area contributed by atoms with Gasteiger partial charge in [0.05, 0.1) is 29.0 Å². The van der Waals surface area contributed by atoms with Crippen LogP contribution in [0.5, 0.6) is 0 Å². The molecule has 7 heteroatoms. The largest absolute Gasteiger partial charge is 0.481 e. The SMILES string of the molecule is CCC1C(C(=O)O)C(n2c(C)nc3cc(C)ccc32)CCN1C(=O)OC(C)(C)C. The maximum atomic E-state index is 12.8. The van der Waals surface area contributed by atoms with E-state index < -0.39 is 29.6 Å². The summed E-state index contributed by atoms with van der Waals surface area (Å²) in [6.07, 6.45) is 0.626. The van der Waals surface area contributed by atoms with Gasteiger partial charge in [0, 0.05) is 6.54 Å². The number of hydrogen-bond donors (Lipinski definition) is 1. The van der Waals surface area contributed by atoms with Crippen LogP contribution in [0.1, 0.15) is 58.0 Å². The van der Waals surface area contributed by atoms with Crippen LogP contribution in [0, 0.1) is 19.8 Å². The molecule has 0 aliphatic carbocycles. The maximum absolute atomic E-state index is 12.8. The van der Waals surface area contributed by atoms with E-state index in [0.717, 1.165) is 22.4 Å². The van der Waals surface area contributed by atoms with Crippen molar-refractivity contribution in [2.75, 3.05) is 6.54 Å². The first-order chi connectivity index (χ1) is 13.5. The second-order valence-corrected chi connectivity index (χ2v) is 8.89. The zero-order chi connectivity index (χ0) is 21.5. The van der Waals surface area contributed by atoms with Gasteiger partial charge in [0.15, 0.2) is 0 Å². The minimum absolute atomic E-state index is 0.274. The van der Waals surface area contributed by atoms with Crippen LogP contribution in [0.3, 0.4) is 0 Å². The lowest BCUT2D eigenvalue weighted by atomic mass is 9.83. The quantitative estimate of drug-likeness (QED) is 0.828. The lowest BCUT2D eigenvalue weighted by molar-refractivity contribution is -0.148. The number of nitrogens with zero attached hydrogens (tertiary/aromatic N) is 3. The number of benzene rings is 1. The first-order valence-electron chi connectivity index (χ1n) is 10.2. The number of fused-ring (bicyclic) bond motifs is 1. The Kier molecular flexibility index (Phi) is 5.61. The van der Waals surface area contributed by atoms with E-state index >= 15 is 0 Å². The van der Waals surface area contributed by atoms with Gasteiger partial charge in [0.2, 0.25) is 0 Å². The number of likely N-dealkylation sites (tertiary alicyclic amines) is 1. The van der Waals surface area contributed by atoms with Crippen LogP contribution < -0.4 is 0 Å². The normalized spacial score (nSPS) is 22.7. The number of aliphatic carboxylic acids is 1. The molecule has 3 atom stereocenters. The van der Waals surface area contributed by atoms with Gasteiger partial charge in [0.25, 0.3) is 0 Å². The lowest BCUT2D eigenvalue weighted by Gasteiger charge is -2.44. The zero-order valence-electron chi connectivity index (χ0n) is 18.1. The van der Waals surface area contributed by atoms with Crippen LogP contribution in [-0.2, 0) is 9.53 Å². The molecule has 0 spiro atoms. The monoisotopic (exact) mass is 401 g/mol. The summed E-state index contributed by atoms with van der Waals surface area (Å²) in [5, 5.41) is 10.1. The number of ether oxygens (including phenoxy) is 1. The molecule has 1 fully saturated rings. The van der Waals surface area contributed by atoms with Gasteiger partial charge in [-0.15, -0.1) is 0 Å². The molecule has 1 N–H and O–H groups in total. The van der Waals surface area contributed by atoms with E-state index in [2.05, 4.69) is 4.98 Å². The standard InChI is InChI=1S/C22H31N3O4/c1-7-16-19(20(26)27)18(10-11-24(16)21(28)29-22(4,5)6)25-14(3)23-15-12-13(2)8-9-17(15)25/h8-9,12,16,18-19H,7,10-11H2,1-6H3,(H,26,27). The lowest BCUT2D eigenvalue weighted by Crippen LogP contribution is -2.55. The Morgan fingerprint density at radius 2 is 1.97 bits per heavy atom. The first kappa shape index (κ1) is 21.1. The number of hydrogen-bond acceptors (Lipinski definition) is 4. The average Bonchev–Trinajstić information content (AvgIpc) is 2.93. The molecule has 2 aromatic rings. The smallest absolute Gasteiger partial charge is 0.410 e. The van der Waals surface area contributed by atoms with Crippen molar-refractivity contribution in [3.63, 3.8) is 0 Å². The molecule has 1 aliphatic heterocycles. The maximum Gasteiger partial charge on any atom is 0.410 e. The van der Waals surface area contributed by atoms with Crippen molar-refractivity contribution in [1.29, 1.82) is 0 Å². The number of piperidine rings is 1. The number of aromatic nitrogens is 2. The van der Waals surface area contributed by atoms with E-state index in [-0.39, 0.29) is 6.04 Å². The summed E-state index contributed by atoms with van der Waals surface area (Å²) in [6.45, 7) is 11.7. The second kappa shape index (κ2) is 7.69. The highest BCUT2D eigenvalue weighted by molar-refractivity contribution is 5.79.